The summed E-state index contributed by atoms with van der Waals surface area (Å²) in [5, 5.41) is 17.4. The van der Waals surface area contributed by atoms with E-state index in [9.17, 15) is 9.59 Å². The molecule has 0 radical (unpaired) electrons. The highest BCUT2D eigenvalue weighted by Crippen LogP contribution is 2.17. The first-order chi connectivity index (χ1) is 8.32. The van der Waals surface area contributed by atoms with E-state index in [-0.39, 0.29) is 5.57 Å². The van der Waals surface area contributed by atoms with Crippen LogP contribution < -0.4 is 0 Å². The first kappa shape index (κ1) is 16.4. The first-order valence-corrected chi connectivity index (χ1v) is 6.13. The van der Waals surface area contributed by atoms with Gasteiger partial charge in [0.2, 0.25) is 0 Å². The van der Waals surface area contributed by atoms with Gasteiger partial charge in [-0.2, -0.15) is 0 Å². The van der Waals surface area contributed by atoms with E-state index in [4.69, 9.17) is 10.2 Å². The van der Waals surface area contributed by atoms with Crippen molar-refractivity contribution >= 4 is 11.9 Å². The Balaban J connectivity index is 4.16. The van der Waals surface area contributed by atoms with Crippen molar-refractivity contribution in [2.45, 2.75) is 46.5 Å². The smallest absolute Gasteiger partial charge is 0.331 e. The van der Waals surface area contributed by atoms with Crippen LogP contribution in [0, 0.1) is 5.92 Å². The predicted molar refractivity (Wildman–Crippen MR) is 70.4 cm³/mol. The lowest BCUT2D eigenvalue weighted by Gasteiger charge is -2.10. The van der Waals surface area contributed by atoms with Gasteiger partial charge in [0.25, 0.3) is 0 Å². The number of carbonyl (C=O) groups is 2. The quantitative estimate of drug-likeness (QED) is 0.515. The highest BCUT2D eigenvalue weighted by Gasteiger charge is 2.11. The summed E-state index contributed by atoms with van der Waals surface area (Å²) in [7, 11) is 0. The maximum Gasteiger partial charge on any atom is 0.331 e. The van der Waals surface area contributed by atoms with E-state index < -0.39 is 11.9 Å². The molecular weight excluding hydrogens is 232 g/mol. The Labute approximate surface area is 108 Å². The SMILES string of the molecule is CC(C)=CCCC(C)CCC(=CC(=O)O)C(=O)O. The fraction of sp³-hybridized carbons (Fsp3) is 0.571. The average Bonchev–Trinajstić information content (AvgIpc) is 2.22. The van der Waals surface area contributed by atoms with Crippen molar-refractivity contribution in [3.63, 3.8) is 0 Å². The van der Waals surface area contributed by atoms with Crippen molar-refractivity contribution in [2.75, 3.05) is 0 Å². The molecule has 0 aliphatic rings. The molecule has 1 unspecified atom stereocenters. The van der Waals surface area contributed by atoms with Gasteiger partial charge >= 0.3 is 11.9 Å². The van der Waals surface area contributed by atoms with Crippen molar-refractivity contribution in [2.24, 2.45) is 5.92 Å². The third-order valence-corrected chi connectivity index (χ3v) is 2.69. The molecule has 0 aliphatic heterocycles. The predicted octanol–water partition coefficient (Wildman–Crippen LogP) is 3.24. The second-order valence-corrected chi connectivity index (χ2v) is 4.82. The van der Waals surface area contributed by atoms with Crippen LogP contribution >= 0.6 is 0 Å². The molecule has 102 valence electrons. The maximum absolute atomic E-state index is 10.8. The maximum atomic E-state index is 10.8. The Morgan fingerprint density at radius 1 is 1.17 bits per heavy atom. The lowest BCUT2D eigenvalue weighted by atomic mass is 9.96. The molecule has 0 saturated heterocycles. The van der Waals surface area contributed by atoms with Gasteiger partial charge < -0.3 is 10.2 Å². The Hall–Kier alpha value is -1.58. The molecule has 0 fully saturated rings. The summed E-state index contributed by atoms with van der Waals surface area (Å²) >= 11 is 0. The standard InChI is InChI=1S/C14H22O4/c1-10(2)5-4-6-11(3)7-8-12(14(17)18)9-13(15)16/h5,9,11H,4,6-8H2,1-3H3,(H,15,16)(H,17,18). The molecule has 0 heterocycles. The Morgan fingerprint density at radius 3 is 2.22 bits per heavy atom. The molecule has 0 aromatic carbocycles. The molecule has 1 atom stereocenters. The van der Waals surface area contributed by atoms with E-state index in [1.807, 2.05) is 13.8 Å². The summed E-state index contributed by atoms with van der Waals surface area (Å²) in [6.45, 7) is 6.14. The van der Waals surface area contributed by atoms with Gasteiger partial charge in [0.05, 0.1) is 0 Å². The number of aliphatic carboxylic acids is 2. The number of hydrogen-bond acceptors (Lipinski definition) is 2. The molecule has 4 heteroatoms. The van der Waals surface area contributed by atoms with Gasteiger partial charge in [0, 0.05) is 11.6 Å². The van der Waals surface area contributed by atoms with Crippen LogP contribution in [0.5, 0.6) is 0 Å². The van der Waals surface area contributed by atoms with Gasteiger partial charge in [-0.15, -0.1) is 0 Å². The van der Waals surface area contributed by atoms with E-state index in [1.165, 1.54) is 5.57 Å². The van der Waals surface area contributed by atoms with E-state index >= 15 is 0 Å². The molecule has 2 N–H and O–H groups in total. The summed E-state index contributed by atoms with van der Waals surface area (Å²) in [5.41, 5.74) is 1.25. The summed E-state index contributed by atoms with van der Waals surface area (Å²) in [6, 6.07) is 0. The van der Waals surface area contributed by atoms with E-state index in [1.54, 1.807) is 0 Å². The van der Waals surface area contributed by atoms with Crippen molar-refractivity contribution in [3.8, 4) is 0 Å². The van der Waals surface area contributed by atoms with Crippen LogP contribution in [0.25, 0.3) is 0 Å². The molecule has 4 nitrogen and oxygen atoms in total. The number of carboxylic acid groups (broad SMARTS) is 2. The van der Waals surface area contributed by atoms with Crippen LogP contribution in [0.1, 0.15) is 46.5 Å². The van der Waals surface area contributed by atoms with Gasteiger partial charge in [0.15, 0.2) is 0 Å². The third kappa shape index (κ3) is 8.56. The number of allylic oxidation sites excluding steroid dienone is 2. The molecule has 0 amide bonds. The van der Waals surface area contributed by atoms with Crippen LogP contribution in [-0.2, 0) is 9.59 Å². The van der Waals surface area contributed by atoms with Crippen molar-refractivity contribution in [1.29, 1.82) is 0 Å². The average molecular weight is 254 g/mol. The van der Waals surface area contributed by atoms with Crippen molar-refractivity contribution in [1.82, 2.24) is 0 Å². The Morgan fingerprint density at radius 2 is 1.78 bits per heavy atom. The summed E-state index contributed by atoms with van der Waals surface area (Å²) in [5.74, 6) is -1.96. The summed E-state index contributed by atoms with van der Waals surface area (Å²) < 4.78 is 0. The van der Waals surface area contributed by atoms with Gasteiger partial charge in [-0.1, -0.05) is 18.6 Å². The van der Waals surface area contributed by atoms with Gasteiger partial charge in [-0.3, -0.25) is 0 Å². The zero-order valence-corrected chi connectivity index (χ0v) is 11.3. The number of rotatable bonds is 8. The molecular formula is C14H22O4. The Bertz CT molecular complexity index is 349. The minimum Gasteiger partial charge on any atom is -0.478 e. The normalized spacial score (nSPS) is 12.9. The topological polar surface area (TPSA) is 74.6 Å². The largest absolute Gasteiger partial charge is 0.478 e. The zero-order chi connectivity index (χ0) is 14.1. The second kappa shape index (κ2) is 8.50. The molecule has 0 aliphatic carbocycles. The van der Waals surface area contributed by atoms with Crippen LogP contribution in [0.4, 0.5) is 0 Å². The molecule has 0 bridgehead atoms. The van der Waals surface area contributed by atoms with Crippen LogP contribution in [-0.4, -0.2) is 22.2 Å². The minimum absolute atomic E-state index is 0.0310. The zero-order valence-electron chi connectivity index (χ0n) is 11.3. The fourth-order valence-electron chi connectivity index (χ4n) is 1.59. The lowest BCUT2D eigenvalue weighted by molar-refractivity contribution is -0.135. The molecule has 0 saturated carbocycles. The van der Waals surface area contributed by atoms with Gasteiger partial charge in [-0.05, 0) is 45.4 Å². The number of hydrogen-bond donors (Lipinski definition) is 2. The second-order valence-electron chi connectivity index (χ2n) is 4.82. The van der Waals surface area contributed by atoms with Crippen molar-refractivity contribution < 1.29 is 19.8 Å². The minimum atomic E-state index is -1.20. The highest BCUT2D eigenvalue weighted by molar-refractivity contribution is 5.94. The summed E-state index contributed by atoms with van der Waals surface area (Å²) in [4.78, 5) is 21.3. The van der Waals surface area contributed by atoms with Crippen molar-refractivity contribution in [3.05, 3.63) is 23.3 Å². The van der Waals surface area contributed by atoms with E-state index in [0.717, 1.165) is 18.9 Å². The van der Waals surface area contributed by atoms with Crippen LogP contribution in [0.3, 0.4) is 0 Å². The molecule has 0 aromatic heterocycles. The van der Waals surface area contributed by atoms with E-state index in [0.29, 0.717) is 18.8 Å². The molecule has 0 aromatic rings. The lowest BCUT2D eigenvalue weighted by Crippen LogP contribution is -2.06. The first-order valence-electron chi connectivity index (χ1n) is 6.13. The molecule has 18 heavy (non-hydrogen) atoms. The Kier molecular flexibility index (Phi) is 7.76. The van der Waals surface area contributed by atoms with Gasteiger partial charge in [-0.25, -0.2) is 9.59 Å². The fourth-order valence-corrected chi connectivity index (χ4v) is 1.59. The molecule has 0 spiro atoms. The van der Waals surface area contributed by atoms with Crippen LogP contribution in [0.2, 0.25) is 0 Å². The third-order valence-electron chi connectivity index (χ3n) is 2.69. The van der Waals surface area contributed by atoms with E-state index in [2.05, 4.69) is 13.0 Å². The number of carboxylic acids is 2. The summed E-state index contributed by atoms with van der Waals surface area (Å²) in [6.07, 6.45) is 5.91. The monoisotopic (exact) mass is 254 g/mol. The molecule has 0 rings (SSSR count). The highest BCUT2D eigenvalue weighted by atomic mass is 16.4. The van der Waals surface area contributed by atoms with Crippen LogP contribution in [0.15, 0.2) is 23.3 Å². The van der Waals surface area contributed by atoms with Gasteiger partial charge in [0.1, 0.15) is 0 Å².